The molecule has 0 spiro atoms. The van der Waals surface area contributed by atoms with Crippen molar-refractivity contribution in [3.05, 3.63) is 54.0 Å². The van der Waals surface area contributed by atoms with Crippen LogP contribution in [0.15, 0.2) is 47.1 Å². The first kappa shape index (κ1) is 18.5. The molecular formula is C19H21N3O5. The third-order valence-electron chi connectivity index (χ3n) is 4.25. The molecule has 3 rings (SSSR count). The first-order chi connectivity index (χ1) is 13.0. The van der Waals surface area contributed by atoms with Crippen LogP contribution in [0.2, 0.25) is 0 Å². The molecule has 1 aromatic heterocycles. The summed E-state index contributed by atoms with van der Waals surface area (Å²) >= 11 is 0. The van der Waals surface area contributed by atoms with Crippen LogP contribution in [0.5, 0.6) is 5.75 Å². The quantitative estimate of drug-likeness (QED) is 0.791. The first-order valence-electron chi connectivity index (χ1n) is 8.68. The number of carbonyl (C=O) groups is 3. The summed E-state index contributed by atoms with van der Waals surface area (Å²) in [6.07, 6.45) is 3.04. The van der Waals surface area contributed by atoms with Gasteiger partial charge in [-0.1, -0.05) is 6.07 Å². The van der Waals surface area contributed by atoms with Gasteiger partial charge in [0, 0.05) is 24.7 Å². The van der Waals surface area contributed by atoms with Crippen LogP contribution in [0.1, 0.15) is 33.8 Å². The van der Waals surface area contributed by atoms with Crippen molar-refractivity contribution in [2.24, 2.45) is 5.73 Å². The molecule has 1 aromatic carbocycles. The minimum absolute atomic E-state index is 0.152. The number of nitrogens with one attached hydrogen (secondary N) is 1. The standard InChI is InChI=1S/C19H21N3O5/c20-17(23)12-27-15-6-1-4-13(10-15)18(24)21-14-5-2-8-22(11-14)19(25)16-7-3-9-26-16/h1,3-4,6-7,9-10,14H,2,5,8,11-12H2,(H2,20,23)(H,21,24). The number of nitrogens with two attached hydrogens (primary N) is 1. The van der Waals surface area contributed by atoms with E-state index in [4.69, 9.17) is 14.9 Å². The van der Waals surface area contributed by atoms with Gasteiger partial charge >= 0.3 is 0 Å². The van der Waals surface area contributed by atoms with Gasteiger partial charge < -0.3 is 25.1 Å². The lowest BCUT2D eigenvalue weighted by atomic mass is 10.0. The maximum atomic E-state index is 12.5. The summed E-state index contributed by atoms with van der Waals surface area (Å²) in [5.41, 5.74) is 5.46. The van der Waals surface area contributed by atoms with Crippen molar-refractivity contribution in [1.82, 2.24) is 10.2 Å². The van der Waals surface area contributed by atoms with Gasteiger partial charge in [0.15, 0.2) is 12.4 Å². The molecule has 1 unspecified atom stereocenters. The largest absolute Gasteiger partial charge is 0.484 e. The molecule has 2 aromatic rings. The van der Waals surface area contributed by atoms with Crippen LogP contribution < -0.4 is 15.8 Å². The highest BCUT2D eigenvalue weighted by atomic mass is 16.5. The average molecular weight is 371 g/mol. The lowest BCUT2D eigenvalue weighted by Gasteiger charge is -2.32. The van der Waals surface area contributed by atoms with Gasteiger partial charge in [0.05, 0.1) is 6.26 Å². The van der Waals surface area contributed by atoms with Crippen LogP contribution in [-0.4, -0.2) is 48.4 Å². The SMILES string of the molecule is NC(=O)COc1cccc(C(=O)NC2CCCN(C(=O)c3ccco3)C2)c1. The van der Waals surface area contributed by atoms with E-state index in [0.717, 1.165) is 12.8 Å². The Morgan fingerprint density at radius 2 is 2.11 bits per heavy atom. The molecule has 0 saturated carbocycles. The number of hydrogen-bond donors (Lipinski definition) is 2. The van der Waals surface area contributed by atoms with Crippen molar-refractivity contribution in [2.75, 3.05) is 19.7 Å². The number of nitrogens with zero attached hydrogens (tertiary/aromatic N) is 1. The topological polar surface area (TPSA) is 115 Å². The average Bonchev–Trinajstić information content (AvgIpc) is 3.21. The first-order valence-corrected chi connectivity index (χ1v) is 8.68. The van der Waals surface area contributed by atoms with Crippen LogP contribution in [0.4, 0.5) is 0 Å². The number of piperidine rings is 1. The Kier molecular flexibility index (Phi) is 5.75. The second kappa shape index (κ2) is 8.39. The van der Waals surface area contributed by atoms with E-state index in [-0.39, 0.29) is 24.5 Å². The van der Waals surface area contributed by atoms with Crippen LogP contribution in [-0.2, 0) is 4.79 Å². The van der Waals surface area contributed by atoms with Crippen molar-refractivity contribution in [1.29, 1.82) is 0 Å². The number of amides is 3. The number of likely N-dealkylation sites (tertiary alicyclic amines) is 1. The molecule has 8 heteroatoms. The maximum absolute atomic E-state index is 12.5. The van der Waals surface area contributed by atoms with Crippen LogP contribution in [0.3, 0.4) is 0 Å². The Balaban J connectivity index is 1.59. The number of ether oxygens (including phenoxy) is 1. The molecule has 1 atom stereocenters. The number of hydrogen-bond acceptors (Lipinski definition) is 5. The molecule has 3 N–H and O–H groups in total. The zero-order valence-corrected chi connectivity index (χ0v) is 14.7. The molecule has 1 saturated heterocycles. The lowest BCUT2D eigenvalue weighted by Crippen LogP contribution is -2.49. The number of furan rings is 1. The monoisotopic (exact) mass is 371 g/mol. The Labute approximate surface area is 156 Å². The van der Waals surface area contributed by atoms with Gasteiger partial charge in [0.1, 0.15) is 5.75 Å². The lowest BCUT2D eigenvalue weighted by molar-refractivity contribution is -0.119. The van der Waals surface area contributed by atoms with E-state index in [1.165, 1.54) is 6.26 Å². The smallest absolute Gasteiger partial charge is 0.289 e. The van der Waals surface area contributed by atoms with E-state index in [1.807, 2.05) is 0 Å². The van der Waals surface area contributed by atoms with Crippen LogP contribution >= 0.6 is 0 Å². The van der Waals surface area contributed by atoms with Crippen molar-refractivity contribution in [2.45, 2.75) is 18.9 Å². The highest BCUT2D eigenvalue weighted by Crippen LogP contribution is 2.17. The third-order valence-corrected chi connectivity index (χ3v) is 4.25. The molecule has 1 fully saturated rings. The van der Waals surface area contributed by atoms with Crippen LogP contribution in [0, 0.1) is 0 Å². The molecule has 27 heavy (non-hydrogen) atoms. The van der Waals surface area contributed by atoms with Crippen molar-refractivity contribution in [3.8, 4) is 5.75 Å². The fourth-order valence-electron chi connectivity index (χ4n) is 2.99. The van der Waals surface area contributed by atoms with Gasteiger partial charge in [-0.05, 0) is 43.2 Å². The van der Waals surface area contributed by atoms with E-state index in [0.29, 0.717) is 30.2 Å². The van der Waals surface area contributed by atoms with Crippen molar-refractivity contribution >= 4 is 17.7 Å². The molecule has 1 aliphatic rings. The number of rotatable bonds is 6. The van der Waals surface area contributed by atoms with E-state index >= 15 is 0 Å². The molecule has 0 aliphatic carbocycles. The predicted octanol–water partition coefficient (Wildman–Crippen LogP) is 1.18. The summed E-state index contributed by atoms with van der Waals surface area (Å²) in [6.45, 7) is 0.795. The summed E-state index contributed by atoms with van der Waals surface area (Å²) in [4.78, 5) is 37.4. The number of carbonyl (C=O) groups excluding carboxylic acids is 3. The molecule has 1 aliphatic heterocycles. The Morgan fingerprint density at radius 1 is 1.26 bits per heavy atom. The normalized spacial score (nSPS) is 16.6. The van der Waals surface area contributed by atoms with E-state index in [9.17, 15) is 14.4 Å². The molecule has 0 bridgehead atoms. The van der Waals surface area contributed by atoms with Crippen molar-refractivity contribution < 1.29 is 23.5 Å². The van der Waals surface area contributed by atoms with Gasteiger partial charge in [0.2, 0.25) is 0 Å². The highest BCUT2D eigenvalue weighted by molar-refractivity contribution is 5.95. The molecule has 8 nitrogen and oxygen atoms in total. The van der Waals surface area contributed by atoms with Gasteiger partial charge in [0.25, 0.3) is 17.7 Å². The second-order valence-electron chi connectivity index (χ2n) is 6.32. The fourth-order valence-corrected chi connectivity index (χ4v) is 2.99. The van der Waals surface area contributed by atoms with Gasteiger partial charge in [-0.2, -0.15) is 0 Å². The van der Waals surface area contributed by atoms with E-state index in [2.05, 4.69) is 5.32 Å². The Morgan fingerprint density at radius 3 is 2.85 bits per heavy atom. The Hall–Kier alpha value is -3.29. The van der Waals surface area contributed by atoms with Crippen molar-refractivity contribution in [3.63, 3.8) is 0 Å². The highest BCUT2D eigenvalue weighted by Gasteiger charge is 2.27. The Bertz CT molecular complexity index is 819. The molecule has 3 amide bonds. The zero-order chi connectivity index (χ0) is 19.2. The minimum atomic E-state index is -0.589. The minimum Gasteiger partial charge on any atom is -0.484 e. The maximum Gasteiger partial charge on any atom is 0.289 e. The van der Waals surface area contributed by atoms with E-state index < -0.39 is 5.91 Å². The predicted molar refractivity (Wildman–Crippen MR) is 96.2 cm³/mol. The second-order valence-corrected chi connectivity index (χ2v) is 6.32. The van der Waals surface area contributed by atoms with E-state index in [1.54, 1.807) is 41.3 Å². The number of primary amides is 1. The fraction of sp³-hybridized carbons (Fsp3) is 0.316. The van der Waals surface area contributed by atoms with Gasteiger partial charge in [-0.25, -0.2) is 0 Å². The number of benzene rings is 1. The molecular weight excluding hydrogens is 350 g/mol. The summed E-state index contributed by atoms with van der Waals surface area (Å²) in [5, 5.41) is 2.95. The van der Waals surface area contributed by atoms with Gasteiger partial charge in [-0.3, -0.25) is 14.4 Å². The van der Waals surface area contributed by atoms with Crippen LogP contribution in [0.25, 0.3) is 0 Å². The van der Waals surface area contributed by atoms with Gasteiger partial charge in [-0.15, -0.1) is 0 Å². The summed E-state index contributed by atoms with van der Waals surface area (Å²) in [7, 11) is 0. The summed E-state index contributed by atoms with van der Waals surface area (Å²) in [6, 6.07) is 9.66. The summed E-state index contributed by atoms with van der Waals surface area (Å²) in [5.74, 6) is -0.355. The molecule has 2 heterocycles. The molecule has 0 radical (unpaired) electrons. The molecule has 142 valence electrons. The summed E-state index contributed by atoms with van der Waals surface area (Å²) < 4.78 is 10.4. The zero-order valence-electron chi connectivity index (χ0n) is 14.7. The third kappa shape index (κ3) is 4.87.